The van der Waals surface area contributed by atoms with Gasteiger partial charge in [-0.2, -0.15) is 0 Å². The van der Waals surface area contributed by atoms with E-state index in [1.165, 1.54) is 6.07 Å². The molecular formula is C19H19Cl2N3O3S. The third-order valence-electron chi connectivity index (χ3n) is 3.54. The predicted octanol–water partition coefficient (Wildman–Crippen LogP) is 4.87. The number of hydrogen-bond acceptors (Lipinski definition) is 4. The van der Waals surface area contributed by atoms with E-state index in [9.17, 15) is 9.59 Å². The molecule has 0 bridgehead atoms. The second-order valence-electron chi connectivity index (χ2n) is 5.58. The number of ether oxygens (including phenoxy) is 1. The topological polar surface area (TPSA) is 79.5 Å². The SMILES string of the molecule is CCOc1ccc(C(=O)NC(=S)Nc2cc(NC(=O)CC)ccc2Cl)cc1Cl. The van der Waals surface area contributed by atoms with Crippen molar-refractivity contribution in [3.8, 4) is 5.75 Å². The van der Waals surface area contributed by atoms with E-state index < -0.39 is 5.91 Å². The smallest absolute Gasteiger partial charge is 0.257 e. The Morgan fingerprint density at radius 2 is 1.79 bits per heavy atom. The lowest BCUT2D eigenvalue weighted by Gasteiger charge is -2.13. The number of carbonyl (C=O) groups excluding carboxylic acids is 2. The fraction of sp³-hybridized carbons (Fsp3) is 0.211. The van der Waals surface area contributed by atoms with Crippen molar-refractivity contribution >= 4 is 63.7 Å². The van der Waals surface area contributed by atoms with Crippen LogP contribution in [0.4, 0.5) is 11.4 Å². The van der Waals surface area contributed by atoms with Gasteiger partial charge in [-0.15, -0.1) is 0 Å². The first-order chi connectivity index (χ1) is 13.3. The third-order valence-corrected chi connectivity index (χ3v) is 4.37. The lowest BCUT2D eigenvalue weighted by Crippen LogP contribution is -2.34. The van der Waals surface area contributed by atoms with Crippen molar-refractivity contribution in [2.45, 2.75) is 20.3 Å². The minimum atomic E-state index is -0.436. The molecule has 0 aromatic heterocycles. The highest BCUT2D eigenvalue weighted by Crippen LogP contribution is 2.27. The normalized spacial score (nSPS) is 10.1. The zero-order valence-electron chi connectivity index (χ0n) is 15.3. The fourth-order valence-electron chi connectivity index (χ4n) is 2.19. The highest BCUT2D eigenvalue weighted by molar-refractivity contribution is 7.80. The molecular weight excluding hydrogens is 421 g/mol. The van der Waals surface area contributed by atoms with Gasteiger partial charge in [0.2, 0.25) is 5.91 Å². The summed E-state index contributed by atoms with van der Waals surface area (Å²) in [6.07, 6.45) is 0.352. The first-order valence-electron chi connectivity index (χ1n) is 8.48. The maximum absolute atomic E-state index is 12.4. The lowest BCUT2D eigenvalue weighted by atomic mass is 10.2. The Labute approximate surface area is 178 Å². The van der Waals surface area contributed by atoms with E-state index >= 15 is 0 Å². The number of rotatable bonds is 6. The van der Waals surface area contributed by atoms with Gasteiger partial charge in [0.25, 0.3) is 5.91 Å². The van der Waals surface area contributed by atoms with Gasteiger partial charge in [-0.25, -0.2) is 0 Å². The van der Waals surface area contributed by atoms with Gasteiger partial charge in [0, 0.05) is 17.7 Å². The maximum Gasteiger partial charge on any atom is 0.257 e. The van der Waals surface area contributed by atoms with Crippen molar-refractivity contribution in [2.75, 3.05) is 17.2 Å². The molecule has 0 saturated heterocycles. The quantitative estimate of drug-likeness (QED) is 0.559. The number of carbonyl (C=O) groups is 2. The minimum absolute atomic E-state index is 0.0517. The first-order valence-corrected chi connectivity index (χ1v) is 9.64. The van der Waals surface area contributed by atoms with Crippen LogP contribution in [0.5, 0.6) is 5.75 Å². The molecule has 0 heterocycles. The predicted molar refractivity (Wildman–Crippen MR) is 117 cm³/mol. The molecule has 0 aliphatic rings. The molecule has 0 atom stereocenters. The molecule has 2 amide bonds. The van der Waals surface area contributed by atoms with Gasteiger partial charge >= 0.3 is 0 Å². The van der Waals surface area contributed by atoms with Gasteiger partial charge in [0.15, 0.2) is 5.11 Å². The van der Waals surface area contributed by atoms with E-state index in [-0.39, 0.29) is 11.0 Å². The molecule has 9 heteroatoms. The van der Waals surface area contributed by atoms with Gasteiger partial charge in [-0.05, 0) is 55.5 Å². The molecule has 0 aliphatic carbocycles. The molecule has 148 valence electrons. The number of amides is 2. The zero-order valence-corrected chi connectivity index (χ0v) is 17.6. The Balaban J connectivity index is 2.05. The summed E-state index contributed by atoms with van der Waals surface area (Å²) in [5.74, 6) is -0.0651. The van der Waals surface area contributed by atoms with Crippen LogP contribution in [0.25, 0.3) is 0 Å². The fourth-order valence-corrected chi connectivity index (χ4v) is 2.79. The van der Waals surface area contributed by atoms with Crippen molar-refractivity contribution in [1.29, 1.82) is 0 Å². The molecule has 0 fully saturated rings. The van der Waals surface area contributed by atoms with Crippen LogP contribution in [-0.2, 0) is 4.79 Å². The largest absolute Gasteiger partial charge is 0.492 e. The average Bonchev–Trinajstić information content (AvgIpc) is 2.66. The number of halogens is 2. The zero-order chi connectivity index (χ0) is 20.7. The molecule has 0 unspecified atom stereocenters. The molecule has 0 radical (unpaired) electrons. The van der Waals surface area contributed by atoms with Crippen molar-refractivity contribution in [3.63, 3.8) is 0 Å². The number of hydrogen-bond donors (Lipinski definition) is 3. The summed E-state index contributed by atoms with van der Waals surface area (Å²) in [4.78, 5) is 23.9. The van der Waals surface area contributed by atoms with E-state index in [1.54, 1.807) is 37.3 Å². The Kier molecular flexibility index (Phi) is 8.04. The van der Waals surface area contributed by atoms with E-state index in [0.717, 1.165) is 0 Å². The summed E-state index contributed by atoms with van der Waals surface area (Å²) in [5, 5.41) is 8.90. The van der Waals surface area contributed by atoms with Gasteiger partial charge < -0.3 is 15.4 Å². The molecule has 6 nitrogen and oxygen atoms in total. The van der Waals surface area contributed by atoms with Crippen LogP contribution in [0.3, 0.4) is 0 Å². The third kappa shape index (κ3) is 6.09. The van der Waals surface area contributed by atoms with E-state index in [1.807, 2.05) is 6.92 Å². The average molecular weight is 440 g/mol. The number of thiocarbonyl (C=S) groups is 1. The van der Waals surface area contributed by atoms with Crippen molar-refractivity contribution in [3.05, 3.63) is 52.0 Å². The molecule has 28 heavy (non-hydrogen) atoms. The Hall–Kier alpha value is -2.35. The molecule has 0 aliphatic heterocycles. The van der Waals surface area contributed by atoms with Gasteiger partial charge in [0.05, 0.1) is 22.3 Å². The van der Waals surface area contributed by atoms with Crippen LogP contribution in [0, 0.1) is 0 Å². The molecule has 3 N–H and O–H groups in total. The van der Waals surface area contributed by atoms with Crippen molar-refractivity contribution in [2.24, 2.45) is 0 Å². The van der Waals surface area contributed by atoms with Crippen LogP contribution >= 0.6 is 35.4 Å². The minimum Gasteiger partial charge on any atom is -0.492 e. The highest BCUT2D eigenvalue weighted by Gasteiger charge is 2.12. The van der Waals surface area contributed by atoms with Crippen LogP contribution < -0.4 is 20.7 Å². The van der Waals surface area contributed by atoms with E-state index in [0.29, 0.717) is 45.8 Å². The number of anilines is 2. The Morgan fingerprint density at radius 1 is 1.04 bits per heavy atom. The summed E-state index contributed by atoms with van der Waals surface area (Å²) in [6.45, 7) is 4.06. The Morgan fingerprint density at radius 3 is 2.43 bits per heavy atom. The van der Waals surface area contributed by atoms with Crippen molar-refractivity contribution < 1.29 is 14.3 Å². The monoisotopic (exact) mass is 439 g/mol. The van der Waals surface area contributed by atoms with Crippen LogP contribution in [0.15, 0.2) is 36.4 Å². The second-order valence-corrected chi connectivity index (χ2v) is 6.81. The Bertz CT molecular complexity index is 906. The summed E-state index contributed by atoms with van der Waals surface area (Å²) in [5.41, 5.74) is 1.34. The first kappa shape index (κ1) is 21.9. The van der Waals surface area contributed by atoms with E-state index in [2.05, 4.69) is 16.0 Å². The molecule has 2 aromatic rings. The molecule has 2 rings (SSSR count). The molecule has 2 aromatic carbocycles. The van der Waals surface area contributed by atoms with Gasteiger partial charge in [-0.3, -0.25) is 14.9 Å². The lowest BCUT2D eigenvalue weighted by molar-refractivity contribution is -0.115. The summed E-state index contributed by atoms with van der Waals surface area (Å²) < 4.78 is 5.34. The van der Waals surface area contributed by atoms with Crippen LogP contribution in [0.2, 0.25) is 10.0 Å². The van der Waals surface area contributed by atoms with Crippen LogP contribution in [0.1, 0.15) is 30.6 Å². The maximum atomic E-state index is 12.4. The summed E-state index contributed by atoms with van der Waals surface area (Å²) in [7, 11) is 0. The summed E-state index contributed by atoms with van der Waals surface area (Å²) in [6, 6.07) is 9.62. The molecule has 0 saturated carbocycles. The molecule has 0 spiro atoms. The number of nitrogens with one attached hydrogen (secondary N) is 3. The standard InChI is InChI=1S/C19H19Cl2N3O3S/c1-3-17(25)22-12-6-7-13(20)15(10-12)23-19(28)24-18(26)11-5-8-16(27-4-2)14(21)9-11/h5-10H,3-4H2,1-2H3,(H,22,25)(H2,23,24,26,28). The van der Waals surface area contributed by atoms with Crippen LogP contribution in [-0.4, -0.2) is 23.5 Å². The number of benzene rings is 2. The van der Waals surface area contributed by atoms with Crippen molar-refractivity contribution in [1.82, 2.24) is 5.32 Å². The second kappa shape index (κ2) is 10.3. The highest BCUT2D eigenvalue weighted by atomic mass is 35.5. The van der Waals surface area contributed by atoms with Gasteiger partial charge in [-0.1, -0.05) is 30.1 Å². The van der Waals surface area contributed by atoms with E-state index in [4.69, 9.17) is 40.2 Å². The van der Waals surface area contributed by atoms with Gasteiger partial charge in [0.1, 0.15) is 5.75 Å². The summed E-state index contributed by atoms with van der Waals surface area (Å²) >= 11 is 17.4.